The average molecular weight is 432 g/mol. The van der Waals surface area contributed by atoms with Crippen molar-refractivity contribution < 1.29 is 19.1 Å². The third-order valence-electron chi connectivity index (χ3n) is 3.02. The zero-order valence-electron chi connectivity index (χ0n) is 13.0. The quantitative estimate of drug-likeness (QED) is 0.332. The van der Waals surface area contributed by atoms with Crippen LogP contribution in [0.4, 0.5) is 0 Å². The lowest BCUT2D eigenvalue weighted by Gasteiger charge is -2.11. The maximum Gasteiger partial charge on any atom is 0.354 e. The number of carbonyl (C=O) groups is 2. The molecule has 0 aliphatic carbocycles. The van der Waals surface area contributed by atoms with Gasteiger partial charge in [0.2, 0.25) is 0 Å². The Labute approximate surface area is 169 Å². The minimum absolute atomic E-state index is 0.127. The van der Waals surface area contributed by atoms with E-state index in [2.05, 4.69) is 13.2 Å². The molecule has 2 aromatic rings. The van der Waals surface area contributed by atoms with Crippen LogP contribution in [0.25, 0.3) is 11.1 Å². The van der Waals surface area contributed by atoms with Gasteiger partial charge in [0.15, 0.2) is 0 Å². The molecule has 0 aliphatic rings. The highest BCUT2D eigenvalue weighted by Crippen LogP contribution is 2.38. The summed E-state index contributed by atoms with van der Waals surface area (Å²) in [6, 6.07) is 9.24. The lowest BCUT2D eigenvalue weighted by atomic mass is 10.1. The molecule has 0 heterocycles. The van der Waals surface area contributed by atoms with E-state index in [4.69, 9.17) is 55.9 Å². The van der Waals surface area contributed by atoms with Crippen molar-refractivity contribution >= 4 is 58.3 Å². The molecule has 0 spiro atoms. The topological polar surface area (TPSA) is 52.6 Å². The second-order valence-electron chi connectivity index (χ2n) is 4.88. The van der Waals surface area contributed by atoms with Crippen LogP contribution in [0.5, 0.6) is 11.5 Å². The van der Waals surface area contributed by atoms with Gasteiger partial charge < -0.3 is 9.47 Å². The van der Waals surface area contributed by atoms with Crippen LogP contribution in [0.3, 0.4) is 0 Å². The Hall–Kier alpha value is -1.98. The first-order chi connectivity index (χ1) is 12.2. The van der Waals surface area contributed by atoms with Gasteiger partial charge in [-0.25, -0.2) is 9.59 Å². The van der Waals surface area contributed by atoms with Crippen molar-refractivity contribution in [3.63, 3.8) is 0 Å². The highest BCUT2D eigenvalue weighted by Gasteiger charge is 2.15. The molecule has 0 saturated carbocycles. The Kier molecular flexibility index (Phi) is 6.73. The summed E-state index contributed by atoms with van der Waals surface area (Å²) in [5, 5.41) is -0.00487. The summed E-state index contributed by atoms with van der Waals surface area (Å²) in [7, 11) is 0. The summed E-state index contributed by atoms with van der Waals surface area (Å²) in [6.07, 6.45) is 0. The maximum absolute atomic E-state index is 11.5. The van der Waals surface area contributed by atoms with Crippen LogP contribution >= 0.6 is 46.4 Å². The fourth-order valence-corrected chi connectivity index (χ4v) is 2.66. The van der Waals surface area contributed by atoms with E-state index in [0.717, 1.165) is 0 Å². The fraction of sp³-hybridized carbons (Fsp3) is 0. The summed E-state index contributed by atoms with van der Waals surface area (Å²) in [5.74, 6) is -1.15. The number of rotatable bonds is 5. The number of halogens is 4. The molecule has 0 saturated heterocycles. The molecule has 0 atom stereocenters. The molecule has 0 fully saturated rings. The molecule has 26 heavy (non-hydrogen) atoms. The highest BCUT2D eigenvalue weighted by molar-refractivity contribution is 6.41. The van der Waals surface area contributed by atoms with Crippen LogP contribution < -0.4 is 9.47 Å². The lowest BCUT2D eigenvalue weighted by molar-refractivity contribution is -0.130. The molecule has 2 rings (SSSR count). The Morgan fingerprint density at radius 3 is 1.62 bits per heavy atom. The summed E-state index contributed by atoms with van der Waals surface area (Å²) in [5.41, 5.74) is 1.17. The standard InChI is InChI=1S/C18H10Cl4O4/c1-9(19)17(23)25-12-5-3-11(4-6-12)16-14(21)7-13(8-15(16)22)26-18(24)10(2)20/h3-8H,1-2H2. The van der Waals surface area contributed by atoms with E-state index in [-0.39, 0.29) is 31.6 Å². The van der Waals surface area contributed by atoms with Crippen LogP contribution in [0.15, 0.2) is 59.6 Å². The van der Waals surface area contributed by atoms with Crippen LogP contribution in [-0.4, -0.2) is 11.9 Å². The van der Waals surface area contributed by atoms with E-state index < -0.39 is 11.9 Å². The summed E-state index contributed by atoms with van der Waals surface area (Å²) in [6.45, 7) is 6.56. The molecule has 0 bridgehead atoms. The van der Waals surface area contributed by atoms with Gasteiger partial charge in [-0.05, 0) is 17.7 Å². The van der Waals surface area contributed by atoms with Gasteiger partial charge in [0, 0.05) is 17.7 Å². The smallest absolute Gasteiger partial charge is 0.354 e. The minimum atomic E-state index is -0.807. The van der Waals surface area contributed by atoms with E-state index in [1.54, 1.807) is 24.3 Å². The number of carbonyl (C=O) groups excluding carboxylic acids is 2. The second-order valence-corrected chi connectivity index (χ2v) is 6.60. The van der Waals surface area contributed by atoms with Gasteiger partial charge >= 0.3 is 11.9 Å². The van der Waals surface area contributed by atoms with Crippen LogP contribution in [0, 0.1) is 0 Å². The molecule has 134 valence electrons. The normalized spacial score (nSPS) is 10.2. The molecule has 8 heteroatoms. The van der Waals surface area contributed by atoms with Gasteiger partial charge in [0.05, 0.1) is 10.0 Å². The van der Waals surface area contributed by atoms with Crippen LogP contribution in [0.2, 0.25) is 10.0 Å². The molecular weight excluding hydrogens is 422 g/mol. The van der Waals surface area contributed by atoms with E-state index >= 15 is 0 Å². The zero-order valence-corrected chi connectivity index (χ0v) is 16.0. The van der Waals surface area contributed by atoms with Gasteiger partial charge in [-0.3, -0.25) is 0 Å². The van der Waals surface area contributed by atoms with Gasteiger partial charge in [-0.15, -0.1) is 0 Å². The largest absolute Gasteiger partial charge is 0.422 e. The number of hydrogen-bond donors (Lipinski definition) is 0. The fourth-order valence-electron chi connectivity index (χ4n) is 1.90. The van der Waals surface area contributed by atoms with Gasteiger partial charge in [0.1, 0.15) is 21.6 Å². The van der Waals surface area contributed by atoms with E-state index in [9.17, 15) is 9.59 Å². The van der Waals surface area contributed by atoms with Crippen molar-refractivity contribution in [1.29, 1.82) is 0 Å². The Morgan fingerprint density at radius 1 is 0.769 bits per heavy atom. The molecule has 0 unspecified atom stereocenters. The maximum atomic E-state index is 11.5. The third-order valence-corrected chi connectivity index (χ3v) is 3.93. The Morgan fingerprint density at radius 2 is 1.19 bits per heavy atom. The molecule has 2 aromatic carbocycles. The molecule has 0 aromatic heterocycles. The number of ether oxygens (including phenoxy) is 2. The van der Waals surface area contributed by atoms with Crippen molar-refractivity contribution in [3.05, 3.63) is 69.7 Å². The average Bonchev–Trinajstić information content (AvgIpc) is 2.55. The molecule has 0 aliphatic heterocycles. The van der Waals surface area contributed by atoms with Crippen molar-refractivity contribution in [3.8, 4) is 22.6 Å². The van der Waals surface area contributed by atoms with Crippen LogP contribution in [-0.2, 0) is 9.59 Å². The van der Waals surface area contributed by atoms with Crippen molar-refractivity contribution in [2.75, 3.05) is 0 Å². The van der Waals surface area contributed by atoms with Gasteiger partial charge in [0.25, 0.3) is 0 Å². The SMILES string of the molecule is C=C(Cl)C(=O)Oc1ccc(-c2c(Cl)cc(OC(=O)C(=C)Cl)cc2Cl)cc1. The monoisotopic (exact) mass is 430 g/mol. The zero-order chi connectivity index (χ0) is 19.4. The van der Waals surface area contributed by atoms with Gasteiger partial charge in [-0.2, -0.15) is 0 Å². The number of esters is 2. The summed E-state index contributed by atoms with van der Waals surface area (Å²) < 4.78 is 9.99. The van der Waals surface area contributed by atoms with E-state index in [0.29, 0.717) is 11.1 Å². The Balaban J connectivity index is 2.28. The first-order valence-corrected chi connectivity index (χ1v) is 8.43. The van der Waals surface area contributed by atoms with Gasteiger partial charge in [-0.1, -0.05) is 71.7 Å². The van der Waals surface area contributed by atoms with Crippen molar-refractivity contribution in [1.82, 2.24) is 0 Å². The number of benzene rings is 2. The minimum Gasteiger partial charge on any atom is -0.422 e. The predicted octanol–water partition coefficient (Wildman–Crippen LogP) is 5.98. The van der Waals surface area contributed by atoms with Crippen molar-refractivity contribution in [2.45, 2.75) is 0 Å². The predicted molar refractivity (Wildman–Crippen MR) is 103 cm³/mol. The number of hydrogen-bond acceptors (Lipinski definition) is 4. The molecule has 0 amide bonds. The van der Waals surface area contributed by atoms with E-state index in [1.165, 1.54) is 12.1 Å². The lowest BCUT2D eigenvalue weighted by Crippen LogP contribution is -2.07. The molecule has 0 N–H and O–H groups in total. The van der Waals surface area contributed by atoms with Crippen molar-refractivity contribution in [2.24, 2.45) is 0 Å². The summed E-state index contributed by atoms with van der Waals surface area (Å²) in [4.78, 5) is 22.9. The second kappa shape index (κ2) is 8.60. The summed E-state index contributed by atoms with van der Waals surface area (Å²) >= 11 is 23.4. The molecule has 4 nitrogen and oxygen atoms in total. The Bertz CT molecular complexity index is 881. The molecular formula is C18H10Cl4O4. The first kappa shape index (κ1) is 20.3. The first-order valence-electron chi connectivity index (χ1n) is 6.91. The molecule has 0 radical (unpaired) electrons. The van der Waals surface area contributed by atoms with Crippen LogP contribution in [0.1, 0.15) is 0 Å². The highest BCUT2D eigenvalue weighted by atomic mass is 35.5. The van der Waals surface area contributed by atoms with E-state index in [1.807, 2.05) is 0 Å². The third kappa shape index (κ3) is 5.02.